The Morgan fingerprint density at radius 2 is 1.26 bits per heavy atom. The molecule has 1 aliphatic carbocycles. The summed E-state index contributed by atoms with van der Waals surface area (Å²) < 4.78 is 17.6. The molecule has 4 unspecified atom stereocenters. The summed E-state index contributed by atoms with van der Waals surface area (Å²) in [5.41, 5.74) is -0.500. The van der Waals surface area contributed by atoms with Crippen LogP contribution in [0.3, 0.4) is 0 Å². The van der Waals surface area contributed by atoms with Crippen molar-refractivity contribution < 1.29 is 33.7 Å². The van der Waals surface area contributed by atoms with Gasteiger partial charge in [0.05, 0.1) is 42.7 Å². The zero-order valence-electron chi connectivity index (χ0n) is 26.5. The first kappa shape index (κ1) is 32.5. The Balaban J connectivity index is 1.70. The number of para-hydroxylation sites is 4. The van der Waals surface area contributed by atoms with Gasteiger partial charge in [-0.2, -0.15) is 0 Å². The van der Waals surface area contributed by atoms with Gasteiger partial charge in [0.1, 0.15) is 28.9 Å². The average Bonchev–Trinajstić information content (AvgIpc) is 3.02. The predicted octanol–water partition coefficient (Wildman–Crippen LogP) is 6.35. The minimum absolute atomic E-state index is 0.305. The van der Waals surface area contributed by atoms with Gasteiger partial charge in [-0.05, 0) is 68.8 Å². The van der Waals surface area contributed by atoms with Crippen molar-refractivity contribution in [3.8, 4) is 17.2 Å². The van der Waals surface area contributed by atoms with E-state index >= 15 is 0 Å². The maximum Gasteiger partial charge on any atom is 0.235 e. The quantitative estimate of drug-likeness (QED) is 0.166. The first-order valence-corrected chi connectivity index (χ1v) is 15.6. The fraction of sp³-hybridized carbons (Fsp3) is 0.324. The Hall–Kier alpha value is -4.89. The molecule has 0 spiro atoms. The van der Waals surface area contributed by atoms with E-state index < -0.39 is 47.4 Å². The Kier molecular flexibility index (Phi) is 9.92. The van der Waals surface area contributed by atoms with E-state index in [4.69, 9.17) is 14.2 Å². The molecule has 9 heteroatoms. The number of hydrogen-bond donors (Lipinski definition) is 3. The molecule has 9 nitrogen and oxygen atoms in total. The van der Waals surface area contributed by atoms with Crippen LogP contribution in [0.15, 0.2) is 84.9 Å². The second kappa shape index (κ2) is 14.0. The van der Waals surface area contributed by atoms with Crippen LogP contribution >= 0.6 is 0 Å². The number of aliphatic hydroxyl groups is 1. The number of ketones is 1. The van der Waals surface area contributed by atoms with Gasteiger partial charge < -0.3 is 30.0 Å². The molecule has 0 aromatic heterocycles. The van der Waals surface area contributed by atoms with Crippen molar-refractivity contribution in [1.82, 2.24) is 0 Å². The van der Waals surface area contributed by atoms with Crippen LogP contribution in [0.4, 0.5) is 11.4 Å². The van der Waals surface area contributed by atoms with E-state index in [2.05, 4.69) is 10.6 Å². The highest BCUT2D eigenvalue weighted by atomic mass is 16.5. The van der Waals surface area contributed by atoms with E-state index in [0.29, 0.717) is 59.4 Å². The van der Waals surface area contributed by atoms with Crippen molar-refractivity contribution in [2.45, 2.75) is 45.6 Å². The Bertz CT molecular complexity index is 1730. The SMILES string of the molecule is CCOc1ccccc1NC(=O)C1C(=O)CC(C)(O)C(C(=O)Nc2ccccc2OCC)C1c1c(OCC)ccc2ccccc12. The van der Waals surface area contributed by atoms with Gasteiger partial charge in [-0.1, -0.05) is 54.6 Å². The first-order chi connectivity index (χ1) is 22.2. The summed E-state index contributed by atoms with van der Waals surface area (Å²) in [6, 6.07) is 25.2. The maximum absolute atomic E-state index is 14.5. The molecule has 0 bridgehead atoms. The molecule has 4 aromatic rings. The summed E-state index contributed by atoms with van der Waals surface area (Å²) in [7, 11) is 0. The fourth-order valence-corrected chi connectivity index (χ4v) is 6.46. The second-order valence-electron chi connectivity index (χ2n) is 11.4. The van der Waals surface area contributed by atoms with Crippen LogP contribution in [-0.2, 0) is 14.4 Å². The minimum Gasteiger partial charge on any atom is -0.494 e. The number of anilines is 2. The van der Waals surface area contributed by atoms with Crippen LogP contribution in [-0.4, -0.2) is 48.1 Å². The smallest absolute Gasteiger partial charge is 0.235 e. The van der Waals surface area contributed by atoms with Crippen molar-refractivity contribution in [2.24, 2.45) is 11.8 Å². The Morgan fingerprint density at radius 3 is 1.87 bits per heavy atom. The van der Waals surface area contributed by atoms with Crippen molar-refractivity contribution in [2.75, 3.05) is 30.5 Å². The number of ether oxygens (including phenoxy) is 3. The van der Waals surface area contributed by atoms with E-state index in [-0.39, 0.29) is 0 Å². The number of nitrogens with one attached hydrogen (secondary N) is 2. The number of carbonyl (C=O) groups is 3. The van der Waals surface area contributed by atoms with Gasteiger partial charge in [-0.25, -0.2) is 0 Å². The molecular formula is C37H40N2O7. The lowest BCUT2D eigenvalue weighted by atomic mass is 9.60. The molecule has 0 radical (unpaired) electrons. The molecule has 1 aliphatic rings. The number of Topliss-reactive ketones (excluding diaryl/α,β-unsaturated/α-hetero) is 1. The second-order valence-corrected chi connectivity index (χ2v) is 11.4. The van der Waals surface area contributed by atoms with Gasteiger partial charge in [0.2, 0.25) is 11.8 Å². The number of benzene rings is 4. The largest absolute Gasteiger partial charge is 0.494 e. The van der Waals surface area contributed by atoms with Gasteiger partial charge in [-0.3, -0.25) is 14.4 Å². The summed E-state index contributed by atoms with van der Waals surface area (Å²) in [6.07, 6.45) is -0.408. The molecule has 1 fully saturated rings. The third-order valence-corrected chi connectivity index (χ3v) is 8.29. The highest BCUT2D eigenvalue weighted by Crippen LogP contribution is 2.51. The van der Waals surface area contributed by atoms with Gasteiger partial charge in [0.15, 0.2) is 0 Å². The highest BCUT2D eigenvalue weighted by molar-refractivity contribution is 6.11. The summed E-state index contributed by atoms with van der Waals surface area (Å²) in [5.74, 6) is -4.02. The molecule has 2 amide bonds. The zero-order chi connectivity index (χ0) is 32.8. The predicted molar refractivity (Wildman–Crippen MR) is 178 cm³/mol. The van der Waals surface area contributed by atoms with E-state index in [1.54, 1.807) is 54.6 Å². The van der Waals surface area contributed by atoms with Crippen molar-refractivity contribution >= 4 is 39.7 Å². The lowest BCUT2D eigenvalue weighted by Crippen LogP contribution is -2.56. The number of hydrogen-bond acceptors (Lipinski definition) is 7. The van der Waals surface area contributed by atoms with Crippen LogP contribution in [0.1, 0.15) is 45.6 Å². The van der Waals surface area contributed by atoms with Gasteiger partial charge in [-0.15, -0.1) is 0 Å². The summed E-state index contributed by atoms with van der Waals surface area (Å²) in [4.78, 5) is 42.9. The minimum atomic E-state index is -1.81. The highest BCUT2D eigenvalue weighted by Gasteiger charge is 2.57. The summed E-state index contributed by atoms with van der Waals surface area (Å²) >= 11 is 0. The molecular weight excluding hydrogens is 584 g/mol. The van der Waals surface area contributed by atoms with E-state index in [1.165, 1.54) is 6.92 Å². The van der Waals surface area contributed by atoms with Crippen molar-refractivity contribution in [1.29, 1.82) is 0 Å². The number of carbonyl (C=O) groups excluding carboxylic acids is 3. The Labute approximate surface area is 268 Å². The molecule has 0 aliphatic heterocycles. The molecule has 240 valence electrons. The average molecular weight is 625 g/mol. The summed E-state index contributed by atoms with van der Waals surface area (Å²) in [6.45, 7) is 8.05. The van der Waals surface area contributed by atoms with Crippen LogP contribution in [0.5, 0.6) is 17.2 Å². The lowest BCUT2D eigenvalue weighted by molar-refractivity contribution is -0.150. The molecule has 0 saturated heterocycles. The third kappa shape index (κ3) is 6.55. The molecule has 4 atom stereocenters. The van der Waals surface area contributed by atoms with Crippen LogP contribution in [0.25, 0.3) is 10.8 Å². The number of fused-ring (bicyclic) bond motifs is 1. The topological polar surface area (TPSA) is 123 Å². The zero-order valence-corrected chi connectivity index (χ0v) is 26.5. The molecule has 0 heterocycles. The third-order valence-electron chi connectivity index (χ3n) is 8.29. The molecule has 1 saturated carbocycles. The normalized spacial score (nSPS) is 21.0. The van der Waals surface area contributed by atoms with Gasteiger partial charge in [0.25, 0.3) is 0 Å². The lowest BCUT2D eigenvalue weighted by Gasteiger charge is -2.45. The van der Waals surface area contributed by atoms with Gasteiger partial charge >= 0.3 is 0 Å². The monoisotopic (exact) mass is 624 g/mol. The molecule has 4 aromatic carbocycles. The number of amides is 2. The maximum atomic E-state index is 14.5. The molecule has 5 rings (SSSR count). The molecule has 46 heavy (non-hydrogen) atoms. The van der Waals surface area contributed by atoms with Crippen LogP contribution < -0.4 is 24.8 Å². The molecule has 3 N–H and O–H groups in total. The fourth-order valence-electron chi connectivity index (χ4n) is 6.46. The van der Waals surface area contributed by atoms with Crippen molar-refractivity contribution in [3.63, 3.8) is 0 Å². The van der Waals surface area contributed by atoms with E-state index in [1.807, 2.05) is 51.1 Å². The van der Waals surface area contributed by atoms with E-state index in [0.717, 1.165) is 5.39 Å². The van der Waals surface area contributed by atoms with E-state index in [9.17, 15) is 19.5 Å². The Morgan fingerprint density at radius 1 is 0.739 bits per heavy atom. The van der Waals surface area contributed by atoms with Crippen LogP contribution in [0, 0.1) is 11.8 Å². The first-order valence-electron chi connectivity index (χ1n) is 15.6. The van der Waals surface area contributed by atoms with Crippen LogP contribution in [0.2, 0.25) is 0 Å². The number of rotatable bonds is 11. The standard InChI is InChI=1S/C37H40N2O7/c1-5-44-28-18-12-10-16-25(28)38-35(41)32-27(40)22-37(4,43)34(36(42)39-26-17-11-13-19-29(26)45-6-2)33(32)31-24-15-9-8-14-23(24)20-21-30(31)46-7-3/h8-21,32-34,43H,5-7,22H2,1-4H3,(H,38,41)(H,39,42). The summed E-state index contributed by atoms with van der Waals surface area (Å²) in [5, 5.41) is 19.3. The van der Waals surface area contributed by atoms with Crippen molar-refractivity contribution in [3.05, 3.63) is 90.5 Å². The van der Waals surface area contributed by atoms with Gasteiger partial charge in [0, 0.05) is 17.9 Å².